The highest BCUT2D eigenvalue weighted by molar-refractivity contribution is 6.36. The first kappa shape index (κ1) is 28.0. The average molecular weight is 579 g/mol. The average Bonchev–Trinajstić information content (AvgIpc) is 3.46. The Morgan fingerprint density at radius 3 is 2.56 bits per heavy atom. The largest absolute Gasteiger partial charge is 0.378 e. The van der Waals surface area contributed by atoms with E-state index in [1.54, 1.807) is 25.3 Å². The van der Waals surface area contributed by atoms with Crippen LogP contribution >= 0.6 is 11.6 Å². The summed E-state index contributed by atoms with van der Waals surface area (Å²) in [7, 11) is 6.92. The molecule has 0 amide bonds. The van der Waals surface area contributed by atoms with Crippen molar-refractivity contribution >= 4 is 47.4 Å². The highest BCUT2D eigenvalue weighted by Gasteiger charge is 2.35. The Balaban J connectivity index is 1.63. The van der Waals surface area contributed by atoms with Crippen LogP contribution < -0.4 is 21.6 Å². The van der Waals surface area contributed by atoms with Crippen LogP contribution in [0.1, 0.15) is 18.1 Å². The molecule has 8 nitrogen and oxygen atoms in total. The highest BCUT2D eigenvalue weighted by atomic mass is 35.5. The number of nitrogens with one attached hydrogen (secondary N) is 4. The Labute approximate surface area is 238 Å². The van der Waals surface area contributed by atoms with E-state index in [2.05, 4.69) is 31.6 Å². The van der Waals surface area contributed by atoms with E-state index in [0.717, 1.165) is 12.3 Å². The van der Waals surface area contributed by atoms with Crippen LogP contribution in [0.4, 0.5) is 34.6 Å². The molecule has 2 aromatic heterocycles. The Morgan fingerprint density at radius 1 is 1.12 bits per heavy atom. The number of aromatic nitrogens is 2. The van der Waals surface area contributed by atoms with Gasteiger partial charge in [-0.25, -0.2) is 18.2 Å². The van der Waals surface area contributed by atoms with Crippen molar-refractivity contribution < 1.29 is 17.6 Å². The van der Waals surface area contributed by atoms with Gasteiger partial charge >= 0.3 is 0 Å². The van der Waals surface area contributed by atoms with E-state index < -0.39 is 35.7 Å². The molecule has 1 aliphatic heterocycles. The summed E-state index contributed by atoms with van der Waals surface area (Å²) < 4.78 is 54.4. The molecule has 4 N–H and O–H groups in total. The van der Waals surface area contributed by atoms with Crippen LogP contribution in [0.25, 0.3) is 10.9 Å². The molecule has 206 valence electrons. The molecule has 0 saturated heterocycles. The van der Waals surface area contributed by atoms with Crippen molar-refractivity contribution in [3.8, 4) is 6.07 Å². The predicted molar refractivity (Wildman–Crippen MR) is 148 cm³/mol. The maximum Gasteiger partial charge on any atom is 0.249 e. The minimum Gasteiger partial charge on any atom is -0.378 e. The summed E-state index contributed by atoms with van der Waals surface area (Å²) in [5, 5.41) is 17.9. The minimum atomic E-state index is -1.53. The summed E-state index contributed by atoms with van der Waals surface area (Å²) in [6.07, 6.45) is 3.95. The maximum absolute atomic E-state index is 13.9. The molecule has 14 heteroatoms. The zero-order chi connectivity index (χ0) is 29.3. The topological polar surface area (TPSA) is 101 Å². The van der Waals surface area contributed by atoms with Gasteiger partial charge < -0.3 is 16.1 Å². The SMILES string of the molecule is [B]C(Nc1cc(Cl)c2ncc(C#N)c(Nc3cnc(F)c(F)c3)c2c1)(C1=CN([C@@H](C)CF)NN1)c1ccc(F)cc1. The lowest BCUT2D eigenvalue weighted by atomic mass is 9.69. The lowest BCUT2D eigenvalue weighted by Crippen LogP contribution is -2.47. The van der Waals surface area contributed by atoms with Gasteiger partial charge in [0.15, 0.2) is 5.82 Å². The summed E-state index contributed by atoms with van der Waals surface area (Å²) in [6.45, 7) is 1.02. The normalized spacial score (nSPS) is 15.0. The molecular weight excluding hydrogens is 559 g/mol. The van der Waals surface area contributed by atoms with Crippen molar-refractivity contribution in [1.29, 1.82) is 5.26 Å². The third-order valence-corrected chi connectivity index (χ3v) is 6.75. The molecule has 0 fully saturated rings. The molecular formula is C27H20BClF4N8. The fraction of sp³-hybridized carbons (Fsp3) is 0.148. The first-order chi connectivity index (χ1) is 19.6. The number of benzene rings is 2. The van der Waals surface area contributed by atoms with E-state index in [-0.39, 0.29) is 22.0 Å². The molecule has 1 unspecified atom stereocenters. The Hall–Kier alpha value is -4.54. The molecule has 0 aliphatic carbocycles. The molecule has 2 atom stereocenters. The van der Waals surface area contributed by atoms with Crippen molar-refractivity contribution in [3.63, 3.8) is 0 Å². The van der Waals surface area contributed by atoms with Gasteiger partial charge in [0.05, 0.1) is 50.9 Å². The molecule has 41 heavy (non-hydrogen) atoms. The summed E-state index contributed by atoms with van der Waals surface area (Å²) in [5.74, 6) is -2.92. The van der Waals surface area contributed by atoms with E-state index in [1.165, 1.54) is 35.5 Å². The molecule has 5 rings (SSSR count). The Bertz CT molecular complexity index is 1700. The standard InChI is InChI=1S/C27H20BClF4N8/c1-14(9-30)41-13-23(39-40-41)27(28,16-2-4-17(31)5-3-16)38-18-6-20-24(37-19-8-22(32)26(33)36-12-19)15(10-34)11-35-25(20)21(29)7-18/h2-8,11-14,38-40H,9H2,1H3,(H,35,37)/t14-,27?/m0/s1. The number of fused-ring (bicyclic) bond motifs is 1. The number of halogens is 5. The van der Waals surface area contributed by atoms with Crippen molar-refractivity contribution in [1.82, 2.24) is 25.9 Å². The van der Waals surface area contributed by atoms with Gasteiger partial charge in [-0.15, -0.1) is 5.53 Å². The lowest BCUT2D eigenvalue weighted by Gasteiger charge is -2.34. The first-order valence-corrected chi connectivity index (χ1v) is 12.5. The van der Waals surface area contributed by atoms with Crippen molar-refractivity contribution in [2.75, 3.05) is 17.3 Å². The molecule has 2 aromatic carbocycles. The van der Waals surface area contributed by atoms with Crippen LogP contribution in [0.3, 0.4) is 0 Å². The van der Waals surface area contributed by atoms with Crippen molar-refractivity contribution in [2.24, 2.45) is 0 Å². The van der Waals surface area contributed by atoms with Crippen LogP contribution in [0.2, 0.25) is 5.02 Å². The second-order valence-electron chi connectivity index (χ2n) is 9.26. The van der Waals surface area contributed by atoms with Crippen LogP contribution in [0.5, 0.6) is 0 Å². The monoisotopic (exact) mass is 578 g/mol. The van der Waals surface area contributed by atoms with E-state index in [9.17, 15) is 22.8 Å². The lowest BCUT2D eigenvalue weighted by molar-refractivity contribution is 0.178. The van der Waals surface area contributed by atoms with Gasteiger partial charge in [0.25, 0.3) is 0 Å². The van der Waals surface area contributed by atoms with Crippen LogP contribution in [-0.4, -0.2) is 35.5 Å². The predicted octanol–water partition coefficient (Wildman–Crippen LogP) is 5.27. The van der Waals surface area contributed by atoms with E-state index >= 15 is 0 Å². The fourth-order valence-corrected chi connectivity index (χ4v) is 4.53. The van der Waals surface area contributed by atoms with E-state index in [1.807, 2.05) is 6.07 Å². The van der Waals surface area contributed by atoms with Crippen molar-refractivity contribution in [2.45, 2.75) is 18.4 Å². The van der Waals surface area contributed by atoms with Crippen LogP contribution in [0, 0.1) is 28.9 Å². The highest BCUT2D eigenvalue weighted by Crippen LogP contribution is 2.38. The van der Waals surface area contributed by atoms with Gasteiger partial charge in [-0.05, 0) is 36.8 Å². The number of pyridine rings is 2. The summed E-state index contributed by atoms with van der Waals surface area (Å²) in [4.78, 5) is 7.66. The molecule has 3 heterocycles. The summed E-state index contributed by atoms with van der Waals surface area (Å²) in [6, 6.07) is 11.0. The van der Waals surface area contributed by atoms with E-state index in [0.29, 0.717) is 27.9 Å². The second-order valence-corrected chi connectivity index (χ2v) is 9.67. The summed E-state index contributed by atoms with van der Waals surface area (Å²) >= 11 is 6.60. The number of rotatable bonds is 8. The zero-order valence-electron chi connectivity index (χ0n) is 21.3. The zero-order valence-corrected chi connectivity index (χ0v) is 22.1. The number of hydrogen-bond donors (Lipinski definition) is 4. The minimum absolute atomic E-state index is 0.0790. The smallest absolute Gasteiger partial charge is 0.249 e. The van der Waals surface area contributed by atoms with Gasteiger partial charge in [0, 0.05) is 29.5 Å². The molecule has 1 aliphatic rings. The number of hydrogen-bond acceptors (Lipinski definition) is 8. The maximum atomic E-state index is 13.9. The summed E-state index contributed by atoms with van der Waals surface area (Å²) in [5.41, 5.74) is 6.11. The number of hydrazine groups is 2. The Morgan fingerprint density at radius 2 is 1.88 bits per heavy atom. The third kappa shape index (κ3) is 5.44. The number of alkyl halides is 1. The van der Waals surface area contributed by atoms with Gasteiger partial charge in [-0.1, -0.05) is 23.7 Å². The number of nitrogens with zero attached hydrogens (tertiary/aromatic N) is 4. The molecule has 0 saturated carbocycles. The first-order valence-electron chi connectivity index (χ1n) is 12.1. The molecule has 4 aromatic rings. The van der Waals surface area contributed by atoms with Crippen molar-refractivity contribution in [3.05, 3.63) is 100 Å². The van der Waals surface area contributed by atoms with E-state index in [4.69, 9.17) is 19.4 Å². The molecule has 0 spiro atoms. The van der Waals surface area contributed by atoms with Crippen LogP contribution in [-0.2, 0) is 5.44 Å². The van der Waals surface area contributed by atoms with Gasteiger partial charge in [0.1, 0.15) is 26.4 Å². The van der Waals surface area contributed by atoms with Gasteiger partial charge in [-0.2, -0.15) is 9.65 Å². The van der Waals surface area contributed by atoms with Gasteiger partial charge in [-0.3, -0.25) is 9.99 Å². The molecule has 0 bridgehead atoms. The quantitative estimate of drug-likeness (QED) is 0.127. The van der Waals surface area contributed by atoms with Crippen LogP contribution in [0.15, 0.2) is 66.8 Å². The fourth-order valence-electron chi connectivity index (χ4n) is 4.26. The number of nitriles is 1. The number of anilines is 3. The molecule has 2 radical (unpaired) electrons. The second kappa shape index (κ2) is 11.2. The van der Waals surface area contributed by atoms with Gasteiger partial charge in [0.2, 0.25) is 5.95 Å². The Kier molecular flexibility index (Phi) is 7.62. The third-order valence-electron chi connectivity index (χ3n) is 6.46.